The minimum atomic E-state index is 0.542. The monoisotopic (exact) mass is 96.1 g/mol. The predicted molar refractivity (Wildman–Crippen MR) is 32.2 cm³/mol. The number of hydrogen-bond acceptors (Lipinski definition) is 0. The van der Waals surface area contributed by atoms with Crippen LogP contribution in [0, 0.1) is 5.41 Å². The molecule has 1 aliphatic rings. The number of hydrogen-bond donors (Lipinski definition) is 0. The van der Waals surface area contributed by atoms with Crippen LogP contribution in [0.3, 0.4) is 0 Å². The lowest BCUT2D eigenvalue weighted by Crippen LogP contribution is -2.19. The first-order chi connectivity index (χ1) is 3.13. The van der Waals surface area contributed by atoms with Crippen molar-refractivity contribution < 1.29 is 0 Å². The molecule has 0 bridgehead atoms. The summed E-state index contributed by atoms with van der Waals surface area (Å²) in [4.78, 5) is 0. The van der Waals surface area contributed by atoms with Crippen molar-refractivity contribution in [3.8, 4) is 0 Å². The molecule has 0 saturated carbocycles. The molecular weight excluding hydrogens is 84.1 g/mol. The van der Waals surface area contributed by atoms with Gasteiger partial charge in [-0.3, -0.25) is 0 Å². The molecule has 0 nitrogen and oxygen atoms in total. The van der Waals surface area contributed by atoms with Gasteiger partial charge in [0.25, 0.3) is 0 Å². The lowest BCUT2D eigenvalue weighted by Gasteiger charge is -2.32. The normalized spacial score (nSPS) is 25.9. The molecule has 0 radical (unpaired) electrons. The average Bonchev–Trinajstić information content (AvgIpc) is 1.63. The summed E-state index contributed by atoms with van der Waals surface area (Å²) in [5, 5.41) is 0. The fraction of sp³-hybridized carbons (Fsp3) is 0.714. The van der Waals surface area contributed by atoms with Gasteiger partial charge in [0.05, 0.1) is 0 Å². The van der Waals surface area contributed by atoms with Crippen LogP contribution < -0.4 is 0 Å². The maximum atomic E-state index is 2.29. The summed E-state index contributed by atoms with van der Waals surface area (Å²) < 4.78 is 0. The largest absolute Gasteiger partial charge is 0.0842 e. The van der Waals surface area contributed by atoms with Crippen molar-refractivity contribution in [2.24, 2.45) is 5.41 Å². The van der Waals surface area contributed by atoms with E-state index in [1.54, 1.807) is 5.57 Å². The lowest BCUT2D eigenvalue weighted by atomic mass is 9.73. The second kappa shape index (κ2) is 1.12. The second-order valence-electron chi connectivity index (χ2n) is 2.98. The third-order valence-electron chi connectivity index (χ3n) is 1.99. The molecule has 0 atom stereocenters. The van der Waals surface area contributed by atoms with E-state index in [0.29, 0.717) is 5.41 Å². The van der Waals surface area contributed by atoms with E-state index in [9.17, 15) is 0 Å². The smallest absolute Gasteiger partial charge is 0.0113 e. The van der Waals surface area contributed by atoms with E-state index >= 15 is 0 Å². The molecule has 0 N–H and O–H groups in total. The molecule has 40 valence electrons. The van der Waals surface area contributed by atoms with E-state index in [2.05, 4.69) is 26.8 Å². The van der Waals surface area contributed by atoms with Crippen molar-refractivity contribution in [2.75, 3.05) is 0 Å². The summed E-state index contributed by atoms with van der Waals surface area (Å²) in [6.07, 6.45) is 3.57. The highest BCUT2D eigenvalue weighted by Crippen LogP contribution is 2.38. The lowest BCUT2D eigenvalue weighted by molar-refractivity contribution is 0.402. The average molecular weight is 96.2 g/mol. The van der Waals surface area contributed by atoms with Gasteiger partial charge in [-0.05, 0) is 18.8 Å². The van der Waals surface area contributed by atoms with E-state index in [4.69, 9.17) is 0 Å². The highest BCUT2D eigenvalue weighted by Gasteiger charge is 2.25. The van der Waals surface area contributed by atoms with Gasteiger partial charge in [0.1, 0.15) is 0 Å². The first-order valence-electron chi connectivity index (χ1n) is 2.80. The molecule has 0 aromatic rings. The molecule has 0 spiro atoms. The van der Waals surface area contributed by atoms with Crippen LogP contribution in [0.25, 0.3) is 0 Å². The van der Waals surface area contributed by atoms with Crippen LogP contribution in [-0.2, 0) is 0 Å². The molecule has 0 amide bonds. The Labute approximate surface area is 45.2 Å². The van der Waals surface area contributed by atoms with Crippen molar-refractivity contribution in [3.05, 3.63) is 11.6 Å². The minimum Gasteiger partial charge on any atom is -0.0842 e. The third-order valence-corrected chi connectivity index (χ3v) is 1.99. The topological polar surface area (TPSA) is 0 Å². The van der Waals surface area contributed by atoms with E-state index in [1.165, 1.54) is 6.42 Å². The summed E-state index contributed by atoms with van der Waals surface area (Å²) in [6, 6.07) is 0. The Bertz CT molecular complexity index is 107. The molecule has 0 unspecified atom stereocenters. The van der Waals surface area contributed by atoms with Crippen LogP contribution >= 0.6 is 0 Å². The van der Waals surface area contributed by atoms with Crippen LogP contribution in [0.2, 0.25) is 0 Å². The first kappa shape index (κ1) is 4.89. The van der Waals surface area contributed by atoms with Crippen molar-refractivity contribution in [1.82, 2.24) is 0 Å². The molecule has 0 saturated heterocycles. The van der Waals surface area contributed by atoms with E-state index in [1.807, 2.05) is 0 Å². The molecule has 0 heteroatoms. The summed E-state index contributed by atoms with van der Waals surface area (Å²) >= 11 is 0. The maximum absolute atomic E-state index is 2.29. The summed E-state index contributed by atoms with van der Waals surface area (Å²) in [5.74, 6) is 0. The van der Waals surface area contributed by atoms with Crippen molar-refractivity contribution in [1.29, 1.82) is 0 Å². The van der Waals surface area contributed by atoms with Gasteiger partial charge in [0.2, 0.25) is 0 Å². The van der Waals surface area contributed by atoms with Gasteiger partial charge in [-0.15, -0.1) is 0 Å². The Hall–Kier alpha value is -0.260. The summed E-state index contributed by atoms with van der Waals surface area (Å²) in [6.45, 7) is 6.76. The van der Waals surface area contributed by atoms with Crippen LogP contribution in [0.4, 0.5) is 0 Å². The van der Waals surface area contributed by atoms with Gasteiger partial charge >= 0.3 is 0 Å². The van der Waals surface area contributed by atoms with Gasteiger partial charge in [-0.1, -0.05) is 25.5 Å². The highest BCUT2D eigenvalue weighted by atomic mass is 14.3. The molecule has 0 heterocycles. The molecular formula is C7H12. The molecule has 0 aromatic heterocycles. The summed E-state index contributed by atoms with van der Waals surface area (Å²) in [5.41, 5.74) is 2.09. The Morgan fingerprint density at radius 3 is 2.00 bits per heavy atom. The van der Waals surface area contributed by atoms with E-state index < -0.39 is 0 Å². The van der Waals surface area contributed by atoms with Crippen molar-refractivity contribution in [3.63, 3.8) is 0 Å². The van der Waals surface area contributed by atoms with Crippen molar-refractivity contribution in [2.45, 2.75) is 27.2 Å². The van der Waals surface area contributed by atoms with Gasteiger partial charge in [-0.25, -0.2) is 0 Å². The van der Waals surface area contributed by atoms with Crippen LogP contribution in [0.5, 0.6) is 0 Å². The fourth-order valence-electron chi connectivity index (χ4n) is 0.714. The maximum Gasteiger partial charge on any atom is -0.0113 e. The van der Waals surface area contributed by atoms with E-state index in [0.717, 1.165) is 0 Å². The molecule has 1 aliphatic carbocycles. The van der Waals surface area contributed by atoms with Crippen LogP contribution in [0.15, 0.2) is 11.6 Å². The van der Waals surface area contributed by atoms with E-state index in [-0.39, 0.29) is 0 Å². The minimum absolute atomic E-state index is 0.542. The zero-order valence-electron chi connectivity index (χ0n) is 5.28. The molecule has 0 fully saturated rings. The fourth-order valence-corrected chi connectivity index (χ4v) is 0.714. The zero-order chi connectivity index (χ0) is 5.49. The van der Waals surface area contributed by atoms with Gasteiger partial charge < -0.3 is 0 Å². The van der Waals surface area contributed by atoms with Gasteiger partial charge in [0.15, 0.2) is 0 Å². The number of allylic oxidation sites excluding steroid dienone is 2. The third kappa shape index (κ3) is 0.583. The Balaban J connectivity index is 2.68. The molecule has 0 aliphatic heterocycles. The summed E-state index contributed by atoms with van der Waals surface area (Å²) in [7, 11) is 0. The molecule has 1 rings (SSSR count). The van der Waals surface area contributed by atoms with Crippen molar-refractivity contribution >= 4 is 0 Å². The highest BCUT2D eigenvalue weighted by molar-refractivity contribution is 5.20. The van der Waals surface area contributed by atoms with Crippen LogP contribution in [-0.4, -0.2) is 0 Å². The Morgan fingerprint density at radius 1 is 1.57 bits per heavy atom. The quantitative estimate of drug-likeness (QED) is 0.406. The van der Waals surface area contributed by atoms with Gasteiger partial charge in [0, 0.05) is 0 Å². The first-order valence-corrected chi connectivity index (χ1v) is 2.80. The SMILES string of the molecule is CC1=CCC1(C)C. The Morgan fingerprint density at radius 2 is 2.00 bits per heavy atom. The number of rotatable bonds is 0. The predicted octanol–water partition coefficient (Wildman–Crippen LogP) is 2.36. The van der Waals surface area contributed by atoms with Gasteiger partial charge in [-0.2, -0.15) is 0 Å². The van der Waals surface area contributed by atoms with Crippen LogP contribution in [0.1, 0.15) is 27.2 Å². The molecule has 7 heavy (non-hydrogen) atoms. The Kier molecular flexibility index (Phi) is 0.781. The second-order valence-corrected chi connectivity index (χ2v) is 2.98. The molecule has 0 aromatic carbocycles. The zero-order valence-corrected chi connectivity index (χ0v) is 5.28. The standard InChI is InChI=1S/C7H12/c1-6-4-5-7(6,2)3/h4H,5H2,1-3H3.